The number of fused-ring (bicyclic) bond motifs is 1. The van der Waals surface area contributed by atoms with Gasteiger partial charge in [-0.15, -0.1) is 0 Å². The predicted molar refractivity (Wildman–Crippen MR) is 74.9 cm³/mol. The summed E-state index contributed by atoms with van der Waals surface area (Å²) in [4.78, 5) is 21.0. The highest BCUT2D eigenvalue weighted by Crippen LogP contribution is 2.16. The number of halogens is 1. The van der Waals surface area contributed by atoms with E-state index in [1.165, 1.54) is 12.1 Å². The summed E-state index contributed by atoms with van der Waals surface area (Å²) in [5.41, 5.74) is 1.89. The molecule has 5 heteroatoms. The molecule has 0 N–H and O–H groups in total. The maximum Gasteiger partial charge on any atom is 0.277 e. The van der Waals surface area contributed by atoms with Gasteiger partial charge in [-0.1, -0.05) is 0 Å². The standard InChI is InChI=1S/C15H12FN3O/c1-2-19-12-4-3-9-17-14(12)18-13(15(19)20)10-5-7-11(16)8-6-10/h3-9H,2H2,1H3. The molecule has 0 aliphatic heterocycles. The molecule has 0 amide bonds. The average molecular weight is 269 g/mol. The van der Waals surface area contributed by atoms with Crippen LogP contribution in [0.4, 0.5) is 4.39 Å². The summed E-state index contributed by atoms with van der Waals surface area (Å²) in [6.07, 6.45) is 1.63. The molecule has 0 saturated heterocycles. The highest BCUT2D eigenvalue weighted by molar-refractivity contribution is 5.73. The summed E-state index contributed by atoms with van der Waals surface area (Å²) < 4.78 is 14.6. The second-order valence-electron chi connectivity index (χ2n) is 4.36. The lowest BCUT2D eigenvalue weighted by molar-refractivity contribution is 0.628. The highest BCUT2D eigenvalue weighted by atomic mass is 19.1. The first-order valence-electron chi connectivity index (χ1n) is 6.32. The van der Waals surface area contributed by atoms with Crippen LogP contribution in [0.1, 0.15) is 6.92 Å². The van der Waals surface area contributed by atoms with Gasteiger partial charge in [-0.25, -0.2) is 14.4 Å². The van der Waals surface area contributed by atoms with E-state index >= 15 is 0 Å². The molecule has 3 rings (SSSR count). The van der Waals surface area contributed by atoms with Gasteiger partial charge in [-0.2, -0.15) is 0 Å². The van der Waals surface area contributed by atoms with Gasteiger partial charge in [0.05, 0.1) is 5.52 Å². The predicted octanol–water partition coefficient (Wildman–Crippen LogP) is 2.62. The van der Waals surface area contributed by atoms with E-state index in [1.807, 2.05) is 13.0 Å². The Hall–Kier alpha value is -2.56. The Bertz CT molecular complexity index is 825. The normalized spacial score (nSPS) is 10.9. The minimum Gasteiger partial charge on any atom is -0.304 e. The van der Waals surface area contributed by atoms with Crippen molar-refractivity contribution in [2.24, 2.45) is 0 Å². The van der Waals surface area contributed by atoms with Crippen molar-refractivity contribution in [2.75, 3.05) is 0 Å². The number of nitrogens with zero attached hydrogens (tertiary/aromatic N) is 3. The molecule has 0 bridgehead atoms. The fraction of sp³-hybridized carbons (Fsp3) is 0.133. The average Bonchev–Trinajstić information content (AvgIpc) is 2.48. The van der Waals surface area contributed by atoms with Gasteiger partial charge in [0.25, 0.3) is 5.56 Å². The number of pyridine rings is 1. The van der Waals surface area contributed by atoms with Crippen LogP contribution in [0, 0.1) is 5.82 Å². The van der Waals surface area contributed by atoms with E-state index in [0.29, 0.717) is 23.3 Å². The van der Waals surface area contributed by atoms with Crippen LogP contribution in [0.2, 0.25) is 0 Å². The zero-order valence-corrected chi connectivity index (χ0v) is 10.9. The number of hydrogen-bond donors (Lipinski definition) is 0. The molecule has 2 aromatic heterocycles. The van der Waals surface area contributed by atoms with Gasteiger partial charge >= 0.3 is 0 Å². The molecule has 100 valence electrons. The van der Waals surface area contributed by atoms with Gasteiger partial charge in [0.2, 0.25) is 0 Å². The van der Waals surface area contributed by atoms with Gasteiger partial charge in [0.1, 0.15) is 11.5 Å². The van der Waals surface area contributed by atoms with Crippen molar-refractivity contribution in [1.29, 1.82) is 0 Å². The number of rotatable bonds is 2. The van der Waals surface area contributed by atoms with Gasteiger partial charge in [0, 0.05) is 18.3 Å². The molecule has 0 aliphatic carbocycles. The lowest BCUT2D eigenvalue weighted by Gasteiger charge is -2.09. The molecule has 0 aliphatic rings. The Labute approximate surface area is 114 Å². The Morgan fingerprint density at radius 1 is 1.20 bits per heavy atom. The van der Waals surface area contributed by atoms with Crippen molar-refractivity contribution >= 4 is 11.2 Å². The molecule has 0 unspecified atom stereocenters. The molecule has 3 aromatic rings. The fourth-order valence-corrected chi connectivity index (χ4v) is 2.19. The second-order valence-corrected chi connectivity index (χ2v) is 4.36. The first-order valence-corrected chi connectivity index (χ1v) is 6.32. The van der Waals surface area contributed by atoms with Crippen LogP contribution in [0.25, 0.3) is 22.4 Å². The van der Waals surface area contributed by atoms with E-state index in [0.717, 1.165) is 0 Å². The molecule has 0 saturated carbocycles. The summed E-state index contributed by atoms with van der Waals surface area (Å²) in [6.45, 7) is 2.42. The van der Waals surface area contributed by atoms with Gasteiger partial charge in [-0.05, 0) is 43.3 Å². The topological polar surface area (TPSA) is 47.8 Å². The molecule has 1 aromatic carbocycles. The Morgan fingerprint density at radius 3 is 2.65 bits per heavy atom. The van der Waals surface area contributed by atoms with Gasteiger partial charge in [-0.3, -0.25) is 4.79 Å². The van der Waals surface area contributed by atoms with Gasteiger partial charge < -0.3 is 4.57 Å². The lowest BCUT2D eigenvalue weighted by Crippen LogP contribution is -2.23. The minimum absolute atomic E-state index is 0.195. The lowest BCUT2D eigenvalue weighted by atomic mass is 10.1. The number of hydrogen-bond acceptors (Lipinski definition) is 3. The first-order chi connectivity index (χ1) is 9.70. The third kappa shape index (κ3) is 1.97. The highest BCUT2D eigenvalue weighted by Gasteiger charge is 2.12. The summed E-state index contributed by atoms with van der Waals surface area (Å²) in [6, 6.07) is 9.31. The van der Waals surface area contributed by atoms with Gasteiger partial charge in [0.15, 0.2) is 5.65 Å². The third-order valence-electron chi connectivity index (χ3n) is 3.16. The Kier molecular flexibility index (Phi) is 3.02. The van der Waals surface area contributed by atoms with E-state index < -0.39 is 0 Å². The van der Waals surface area contributed by atoms with E-state index in [-0.39, 0.29) is 17.1 Å². The number of aryl methyl sites for hydroxylation is 1. The van der Waals surface area contributed by atoms with Crippen LogP contribution in [0.15, 0.2) is 47.4 Å². The summed E-state index contributed by atoms with van der Waals surface area (Å²) in [5, 5.41) is 0. The van der Waals surface area contributed by atoms with Crippen LogP contribution >= 0.6 is 0 Å². The zero-order chi connectivity index (χ0) is 14.1. The van der Waals surface area contributed by atoms with Crippen LogP contribution < -0.4 is 5.56 Å². The molecule has 0 atom stereocenters. The van der Waals surface area contributed by atoms with Crippen molar-refractivity contribution in [2.45, 2.75) is 13.5 Å². The van der Waals surface area contributed by atoms with Crippen molar-refractivity contribution in [1.82, 2.24) is 14.5 Å². The third-order valence-corrected chi connectivity index (χ3v) is 3.16. The molecule has 0 spiro atoms. The van der Waals surface area contributed by atoms with E-state index in [4.69, 9.17) is 0 Å². The molecule has 0 radical (unpaired) electrons. The summed E-state index contributed by atoms with van der Waals surface area (Å²) >= 11 is 0. The van der Waals surface area contributed by atoms with Crippen LogP contribution in [-0.2, 0) is 6.54 Å². The monoisotopic (exact) mass is 269 g/mol. The molecule has 20 heavy (non-hydrogen) atoms. The smallest absolute Gasteiger partial charge is 0.277 e. The Morgan fingerprint density at radius 2 is 1.95 bits per heavy atom. The summed E-state index contributed by atoms with van der Waals surface area (Å²) in [5.74, 6) is -0.344. The van der Waals surface area contributed by atoms with E-state index in [1.54, 1.807) is 29.0 Å². The van der Waals surface area contributed by atoms with Crippen LogP contribution in [0.3, 0.4) is 0 Å². The molecule has 2 heterocycles. The van der Waals surface area contributed by atoms with Crippen LogP contribution in [-0.4, -0.2) is 14.5 Å². The molecule has 4 nitrogen and oxygen atoms in total. The maximum atomic E-state index is 13.0. The van der Waals surface area contributed by atoms with Crippen molar-refractivity contribution in [3.8, 4) is 11.3 Å². The van der Waals surface area contributed by atoms with Crippen molar-refractivity contribution in [3.05, 3.63) is 58.8 Å². The molecular formula is C15H12FN3O. The van der Waals surface area contributed by atoms with E-state index in [9.17, 15) is 9.18 Å². The van der Waals surface area contributed by atoms with Crippen LogP contribution in [0.5, 0.6) is 0 Å². The zero-order valence-electron chi connectivity index (χ0n) is 10.9. The SMILES string of the molecule is CCn1c(=O)c(-c2ccc(F)cc2)nc2ncccc21. The maximum absolute atomic E-state index is 13.0. The second kappa shape index (κ2) is 4.85. The molecule has 0 fully saturated rings. The summed E-state index contributed by atoms with van der Waals surface area (Å²) in [7, 11) is 0. The van der Waals surface area contributed by atoms with E-state index in [2.05, 4.69) is 9.97 Å². The number of aromatic nitrogens is 3. The molecular weight excluding hydrogens is 257 g/mol. The van der Waals surface area contributed by atoms with Crippen molar-refractivity contribution < 1.29 is 4.39 Å². The largest absolute Gasteiger partial charge is 0.304 e. The number of benzene rings is 1. The quantitative estimate of drug-likeness (QED) is 0.718. The Balaban J connectivity index is 2.34. The minimum atomic E-state index is -0.344. The first kappa shape index (κ1) is 12.5. The fourth-order valence-electron chi connectivity index (χ4n) is 2.19. The van der Waals surface area contributed by atoms with Crippen molar-refractivity contribution in [3.63, 3.8) is 0 Å².